The second-order valence-electron chi connectivity index (χ2n) is 8.81. The van der Waals surface area contributed by atoms with Gasteiger partial charge in [0.1, 0.15) is 11.4 Å². The van der Waals surface area contributed by atoms with Crippen LogP contribution in [0.25, 0.3) is 0 Å². The SMILES string of the molecule is Cc1nonc1CNC(=O)[C@@]1(C)CCCN(C(=O)c2n[nH]c3c2CCCCCC3)C1. The summed E-state index contributed by atoms with van der Waals surface area (Å²) < 4.78 is 4.69. The molecule has 1 fully saturated rings. The fourth-order valence-corrected chi connectivity index (χ4v) is 4.55. The Morgan fingerprint density at radius 1 is 1.17 bits per heavy atom. The van der Waals surface area contributed by atoms with E-state index in [9.17, 15) is 9.59 Å². The molecule has 0 aromatic carbocycles. The molecule has 2 aliphatic rings. The molecule has 1 aliphatic heterocycles. The first-order valence-electron chi connectivity index (χ1n) is 10.9. The zero-order valence-electron chi connectivity index (χ0n) is 17.8. The van der Waals surface area contributed by atoms with Crippen molar-refractivity contribution in [3.63, 3.8) is 0 Å². The van der Waals surface area contributed by atoms with Crippen molar-refractivity contribution in [1.82, 2.24) is 30.7 Å². The van der Waals surface area contributed by atoms with Gasteiger partial charge in [-0.1, -0.05) is 23.2 Å². The van der Waals surface area contributed by atoms with Crippen molar-refractivity contribution in [2.24, 2.45) is 5.41 Å². The average molecular weight is 415 g/mol. The minimum absolute atomic E-state index is 0.0663. The van der Waals surface area contributed by atoms with E-state index in [1.807, 2.05) is 6.92 Å². The largest absolute Gasteiger partial charge is 0.350 e. The molecule has 162 valence electrons. The van der Waals surface area contributed by atoms with Crippen LogP contribution in [-0.4, -0.2) is 50.3 Å². The maximum absolute atomic E-state index is 13.3. The number of H-pyrrole nitrogens is 1. The van der Waals surface area contributed by atoms with Gasteiger partial charge < -0.3 is 10.2 Å². The average Bonchev–Trinajstić information content (AvgIpc) is 3.30. The van der Waals surface area contributed by atoms with Gasteiger partial charge in [-0.25, -0.2) is 4.63 Å². The predicted octanol–water partition coefficient (Wildman–Crippen LogP) is 2.32. The van der Waals surface area contributed by atoms with Crippen molar-refractivity contribution < 1.29 is 14.2 Å². The lowest BCUT2D eigenvalue weighted by Crippen LogP contribution is -2.52. The first-order valence-corrected chi connectivity index (χ1v) is 10.9. The van der Waals surface area contributed by atoms with Crippen LogP contribution in [0.15, 0.2) is 4.63 Å². The second-order valence-corrected chi connectivity index (χ2v) is 8.81. The van der Waals surface area contributed by atoms with Gasteiger partial charge in [-0.05, 0) is 52.4 Å². The van der Waals surface area contributed by atoms with E-state index in [-0.39, 0.29) is 18.4 Å². The summed E-state index contributed by atoms with van der Waals surface area (Å²) in [4.78, 5) is 28.1. The van der Waals surface area contributed by atoms with Crippen molar-refractivity contribution in [2.75, 3.05) is 13.1 Å². The Bertz CT molecular complexity index is 920. The number of aryl methyl sites for hydroxylation is 2. The second kappa shape index (κ2) is 8.57. The van der Waals surface area contributed by atoms with Crippen LogP contribution in [-0.2, 0) is 24.2 Å². The number of likely N-dealkylation sites (tertiary alicyclic amines) is 1. The Hall–Kier alpha value is -2.71. The Balaban J connectivity index is 1.44. The molecule has 0 unspecified atom stereocenters. The number of fused-ring (bicyclic) bond motifs is 1. The van der Waals surface area contributed by atoms with Gasteiger partial charge in [0.15, 0.2) is 5.69 Å². The Labute approximate surface area is 175 Å². The molecule has 9 nitrogen and oxygen atoms in total. The predicted molar refractivity (Wildman–Crippen MR) is 109 cm³/mol. The van der Waals surface area contributed by atoms with Crippen molar-refractivity contribution in [2.45, 2.75) is 71.8 Å². The van der Waals surface area contributed by atoms with Crippen LogP contribution in [0, 0.1) is 12.3 Å². The molecule has 0 bridgehead atoms. The topological polar surface area (TPSA) is 117 Å². The highest BCUT2D eigenvalue weighted by Crippen LogP contribution is 2.31. The molecule has 1 atom stereocenters. The molecular formula is C21H30N6O3. The number of nitrogens with zero attached hydrogens (tertiary/aromatic N) is 4. The van der Waals surface area contributed by atoms with Gasteiger partial charge in [-0.2, -0.15) is 5.10 Å². The first kappa shape index (κ1) is 20.6. The summed E-state index contributed by atoms with van der Waals surface area (Å²) in [7, 11) is 0. The molecule has 2 N–H and O–H groups in total. The molecule has 1 saturated heterocycles. The standard InChI is InChI=1S/C21H30N6O3/c1-14-17(26-30-25-14)12-22-20(29)21(2)10-7-11-27(13-21)19(28)18-15-8-5-3-4-6-9-16(15)23-24-18/h3-13H2,1-2H3,(H,22,29)(H,23,24)/t21-/m0/s1. The summed E-state index contributed by atoms with van der Waals surface area (Å²) in [5.74, 6) is -0.150. The highest BCUT2D eigenvalue weighted by molar-refractivity contribution is 5.95. The molecule has 9 heteroatoms. The molecule has 30 heavy (non-hydrogen) atoms. The lowest BCUT2D eigenvalue weighted by Gasteiger charge is -2.39. The molecular weight excluding hydrogens is 384 g/mol. The molecule has 0 spiro atoms. The van der Waals surface area contributed by atoms with Crippen LogP contribution in [0.1, 0.15) is 78.6 Å². The van der Waals surface area contributed by atoms with Crippen LogP contribution in [0.4, 0.5) is 0 Å². The third kappa shape index (κ3) is 4.11. The van der Waals surface area contributed by atoms with Gasteiger partial charge in [0.2, 0.25) is 5.91 Å². The summed E-state index contributed by atoms with van der Waals surface area (Å²) in [6.07, 6.45) is 8.00. The van der Waals surface area contributed by atoms with E-state index in [1.54, 1.807) is 11.8 Å². The van der Waals surface area contributed by atoms with Crippen LogP contribution < -0.4 is 5.32 Å². The van der Waals surface area contributed by atoms with Gasteiger partial charge in [-0.3, -0.25) is 14.7 Å². The highest BCUT2D eigenvalue weighted by atomic mass is 16.6. The number of aromatic nitrogens is 4. The fourth-order valence-electron chi connectivity index (χ4n) is 4.55. The number of aromatic amines is 1. The van der Waals surface area contributed by atoms with E-state index in [0.29, 0.717) is 30.2 Å². The minimum atomic E-state index is -0.649. The van der Waals surface area contributed by atoms with Crippen LogP contribution in [0.3, 0.4) is 0 Å². The number of hydrogen-bond acceptors (Lipinski definition) is 6. The Kier molecular flexibility index (Phi) is 5.87. The number of carbonyl (C=O) groups is 2. The number of amides is 2. The van der Waals surface area contributed by atoms with Gasteiger partial charge >= 0.3 is 0 Å². The van der Waals surface area contributed by atoms with E-state index < -0.39 is 5.41 Å². The number of carbonyl (C=O) groups excluding carboxylic acids is 2. The van der Waals surface area contributed by atoms with Gasteiger partial charge in [-0.15, -0.1) is 0 Å². The monoisotopic (exact) mass is 414 g/mol. The van der Waals surface area contributed by atoms with Crippen LogP contribution in [0.2, 0.25) is 0 Å². The van der Waals surface area contributed by atoms with E-state index in [0.717, 1.165) is 49.8 Å². The highest BCUT2D eigenvalue weighted by Gasteiger charge is 2.40. The van der Waals surface area contributed by atoms with E-state index in [1.165, 1.54) is 12.8 Å². The minimum Gasteiger partial charge on any atom is -0.350 e. The molecule has 0 radical (unpaired) electrons. The normalized spacial score (nSPS) is 22.1. The fraction of sp³-hybridized carbons (Fsp3) is 0.667. The lowest BCUT2D eigenvalue weighted by atomic mass is 9.80. The van der Waals surface area contributed by atoms with E-state index in [2.05, 4.69) is 30.5 Å². The zero-order chi connectivity index (χ0) is 21.1. The van der Waals surface area contributed by atoms with E-state index in [4.69, 9.17) is 0 Å². The quantitative estimate of drug-likeness (QED) is 0.793. The maximum Gasteiger partial charge on any atom is 0.274 e. The first-order chi connectivity index (χ1) is 14.5. The molecule has 1 aliphatic carbocycles. The maximum atomic E-state index is 13.3. The van der Waals surface area contributed by atoms with E-state index >= 15 is 0 Å². The number of rotatable bonds is 4. The van der Waals surface area contributed by atoms with Crippen molar-refractivity contribution in [3.8, 4) is 0 Å². The number of hydrogen-bond donors (Lipinski definition) is 2. The molecule has 3 heterocycles. The third-order valence-corrected chi connectivity index (χ3v) is 6.45. The molecule has 0 saturated carbocycles. The van der Waals surface area contributed by atoms with Gasteiger partial charge in [0.25, 0.3) is 5.91 Å². The van der Waals surface area contributed by atoms with Gasteiger partial charge in [0, 0.05) is 24.3 Å². The van der Waals surface area contributed by atoms with Gasteiger partial charge in [0.05, 0.1) is 12.0 Å². The Morgan fingerprint density at radius 2 is 1.97 bits per heavy atom. The summed E-state index contributed by atoms with van der Waals surface area (Å²) in [5, 5.41) is 18.0. The van der Waals surface area contributed by atoms with Crippen LogP contribution in [0.5, 0.6) is 0 Å². The lowest BCUT2D eigenvalue weighted by molar-refractivity contribution is -0.132. The molecule has 4 rings (SSSR count). The Morgan fingerprint density at radius 3 is 2.73 bits per heavy atom. The summed E-state index contributed by atoms with van der Waals surface area (Å²) >= 11 is 0. The smallest absolute Gasteiger partial charge is 0.274 e. The zero-order valence-corrected chi connectivity index (χ0v) is 17.8. The van der Waals surface area contributed by atoms with Crippen LogP contribution >= 0.6 is 0 Å². The molecule has 2 aromatic heterocycles. The summed E-state index contributed by atoms with van der Waals surface area (Å²) in [6.45, 7) is 5.01. The molecule has 2 aromatic rings. The molecule has 2 amide bonds. The number of nitrogens with one attached hydrogen (secondary N) is 2. The van der Waals surface area contributed by atoms with Crippen molar-refractivity contribution >= 4 is 11.8 Å². The summed E-state index contributed by atoms with van der Waals surface area (Å²) in [5.41, 5.74) is 3.35. The third-order valence-electron chi connectivity index (χ3n) is 6.45. The van der Waals surface area contributed by atoms with Crippen molar-refractivity contribution in [1.29, 1.82) is 0 Å². The van der Waals surface area contributed by atoms with Crippen molar-refractivity contribution in [3.05, 3.63) is 28.3 Å². The summed E-state index contributed by atoms with van der Waals surface area (Å²) in [6, 6.07) is 0. The number of piperidine rings is 1.